The van der Waals surface area contributed by atoms with Crippen LogP contribution in [0.2, 0.25) is 5.02 Å². The molecule has 0 N–H and O–H groups in total. The molecule has 1 aromatic heterocycles. The molecule has 0 aliphatic carbocycles. The van der Waals surface area contributed by atoms with Crippen LogP contribution in [-0.2, 0) is 20.7 Å². The lowest BCUT2D eigenvalue weighted by molar-refractivity contribution is -0.184. The maximum Gasteiger partial charge on any atom is 0.279 e. The Balaban J connectivity index is 1.74. The summed E-state index contributed by atoms with van der Waals surface area (Å²) in [6.45, 7) is 8.87. The number of hydrogen-bond acceptors (Lipinski definition) is 6. The molecule has 2 aromatic carbocycles. The molecule has 3 aromatic rings. The number of carbonyl (C=O) groups excluding carboxylic acids is 2. The molecule has 1 fully saturated rings. The average molecular weight is 458 g/mol. The van der Waals surface area contributed by atoms with E-state index in [1.54, 1.807) is 39.8 Å². The van der Waals surface area contributed by atoms with Crippen molar-refractivity contribution in [3.8, 4) is 10.9 Å². The van der Waals surface area contributed by atoms with Gasteiger partial charge in [0, 0.05) is 5.02 Å². The van der Waals surface area contributed by atoms with Crippen LogP contribution in [-0.4, -0.2) is 27.8 Å². The van der Waals surface area contributed by atoms with Crippen LogP contribution in [0.3, 0.4) is 0 Å². The number of aryl methyl sites for hydroxylation is 1. The van der Waals surface area contributed by atoms with E-state index in [0.29, 0.717) is 28.0 Å². The summed E-state index contributed by atoms with van der Waals surface area (Å²) in [6.07, 6.45) is 0.689. The van der Waals surface area contributed by atoms with E-state index in [2.05, 4.69) is 4.98 Å². The first-order valence-electron chi connectivity index (χ1n) is 10.2. The average Bonchev–Trinajstić information content (AvgIpc) is 3.07. The third kappa shape index (κ3) is 4.00. The second-order valence-corrected chi connectivity index (χ2v) is 10.1. The second-order valence-electron chi connectivity index (χ2n) is 8.69. The highest BCUT2D eigenvalue weighted by Crippen LogP contribution is 2.41. The normalized spacial score (nSPS) is 18.5. The third-order valence-electron chi connectivity index (χ3n) is 5.57. The number of ether oxygens (including phenoxy) is 2. The molecule has 0 bridgehead atoms. The molecule has 162 valence electrons. The Morgan fingerprint density at radius 3 is 2.39 bits per heavy atom. The summed E-state index contributed by atoms with van der Waals surface area (Å²) in [5, 5.41) is 1.08. The first-order valence-corrected chi connectivity index (χ1v) is 11.4. The minimum atomic E-state index is -1.06. The Bertz CT molecular complexity index is 1170. The molecule has 1 aliphatic heterocycles. The highest BCUT2D eigenvalue weighted by atomic mass is 35.5. The zero-order chi connectivity index (χ0) is 22.6. The molecule has 0 unspecified atom stereocenters. The van der Waals surface area contributed by atoms with Crippen LogP contribution >= 0.6 is 22.9 Å². The van der Waals surface area contributed by atoms with E-state index >= 15 is 0 Å². The number of benzene rings is 2. The third-order valence-corrected chi connectivity index (χ3v) is 6.72. The van der Waals surface area contributed by atoms with Gasteiger partial charge in [0.25, 0.3) is 5.19 Å². The number of Topliss-reactive ketones (excluding diaryl/α,β-unsaturated/α-hetero) is 2. The number of halogens is 1. The van der Waals surface area contributed by atoms with Gasteiger partial charge >= 0.3 is 0 Å². The van der Waals surface area contributed by atoms with E-state index in [0.717, 1.165) is 15.8 Å². The zero-order valence-corrected chi connectivity index (χ0v) is 19.7. The standard InChI is InChI=1S/C24H24ClNO4S/c1-6-13-7-9-15(29-22-26-17-11-14(25)8-10-18(17)31-22)12-16(13)19-20(27)23(2,3)30-24(4,5)21(19)28/h7-12,19H,6H2,1-5H3. The number of nitrogens with zero attached hydrogens (tertiary/aromatic N) is 1. The molecular weight excluding hydrogens is 434 g/mol. The van der Waals surface area contributed by atoms with Crippen molar-refractivity contribution >= 4 is 44.7 Å². The van der Waals surface area contributed by atoms with Gasteiger partial charge in [-0.05, 0) is 75.6 Å². The number of ketones is 2. The van der Waals surface area contributed by atoms with Gasteiger partial charge in [-0.2, -0.15) is 0 Å². The quantitative estimate of drug-likeness (QED) is 0.442. The molecule has 0 amide bonds. The summed E-state index contributed by atoms with van der Waals surface area (Å²) in [7, 11) is 0. The number of carbonyl (C=O) groups is 2. The summed E-state index contributed by atoms with van der Waals surface area (Å²) in [4.78, 5) is 30.9. The topological polar surface area (TPSA) is 65.5 Å². The van der Waals surface area contributed by atoms with Crippen LogP contribution < -0.4 is 4.74 Å². The van der Waals surface area contributed by atoms with Crippen molar-refractivity contribution in [1.29, 1.82) is 0 Å². The van der Waals surface area contributed by atoms with Gasteiger partial charge in [0.05, 0.1) is 10.2 Å². The minimum Gasteiger partial charge on any atom is -0.431 e. The highest BCUT2D eigenvalue weighted by Gasteiger charge is 2.53. The monoisotopic (exact) mass is 457 g/mol. The summed E-state index contributed by atoms with van der Waals surface area (Å²) in [6, 6.07) is 11.0. The molecule has 0 spiro atoms. The van der Waals surface area contributed by atoms with Gasteiger partial charge < -0.3 is 9.47 Å². The molecular formula is C24H24ClNO4S. The van der Waals surface area contributed by atoms with Crippen molar-refractivity contribution in [1.82, 2.24) is 4.98 Å². The summed E-state index contributed by atoms with van der Waals surface area (Å²) in [5.74, 6) is -0.844. The molecule has 2 heterocycles. The van der Waals surface area contributed by atoms with Crippen LogP contribution in [0.4, 0.5) is 0 Å². The van der Waals surface area contributed by atoms with Crippen LogP contribution in [0, 0.1) is 0 Å². The lowest BCUT2D eigenvalue weighted by Gasteiger charge is -2.43. The van der Waals surface area contributed by atoms with E-state index in [4.69, 9.17) is 21.1 Å². The molecule has 1 aliphatic rings. The first-order chi connectivity index (χ1) is 14.5. The molecule has 31 heavy (non-hydrogen) atoms. The maximum absolute atomic E-state index is 13.2. The Morgan fingerprint density at radius 2 is 1.74 bits per heavy atom. The van der Waals surface area contributed by atoms with Gasteiger partial charge in [0.1, 0.15) is 22.9 Å². The zero-order valence-electron chi connectivity index (χ0n) is 18.1. The Hall–Kier alpha value is -2.28. The molecule has 4 rings (SSSR count). The van der Waals surface area contributed by atoms with E-state index in [1.807, 2.05) is 31.2 Å². The van der Waals surface area contributed by atoms with Crippen LogP contribution in [0.5, 0.6) is 10.9 Å². The highest BCUT2D eigenvalue weighted by molar-refractivity contribution is 7.20. The SMILES string of the molecule is CCc1ccc(Oc2nc3cc(Cl)ccc3s2)cc1C1C(=O)C(C)(C)OC(C)(C)C1=O. The predicted octanol–water partition coefficient (Wildman–Crippen LogP) is 6.11. The number of hydrogen-bond donors (Lipinski definition) is 0. The van der Waals surface area contributed by atoms with E-state index in [-0.39, 0.29) is 11.6 Å². The molecule has 0 radical (unpaired) electrons. The number of fused-ring (bicyclic) bond motifs is 1. The van der Waals surface area contributed by atoms with Gasteiger partial charge in [0.15, 0.2) is 11.6 Å². The molecule has 5 nitrogen and oxygen atoms in total. The van der Waals surface area contributed by atoms with Gasteiger partial charge in [0.2, 0.25) is 0 Å². The fraction of sp³-hybridized carbons (Fsp3) is 0.375. The fourth-order valence-corrected chi connectivity index (χ4v) is 5.07. The molecule has 1 saturated heterocycles. The number of thiazole rings is 1. The smallest absolute Gasteiger partial charge is 0.279 e. The van der Waals surface area contributed by atoms with E-state index in [1.165, 1.54) is 11.3 Å². The summed E-state index contributed by atoms with van der Waals surface area (Å²) in [5.41, 5.74) is 0.246. The van der Waals surface area contributed by atoms with Crippen LogP contribution in [0.15, 0.2) is 36.4 Å². The lowest BCUT2D eigenvalue weighted by atomic mass is 9.73. The minimum absolute atomic E-state index is 0.238. The molecule has 7 heteroatoms. The largest absolute Gasteiger partial charge is 0.431 e. The van der Waals surface area contributed by atoms with E-state index in [9.17, 15) is 9.59 Å². The molecule has 0 saturated carbocycles. The van der Waals surface area contributed by atoms with Crippen molar-refractivity contribution in [2.24, 2.45) is 0 Å². The Labute approximate surface area is 190 Å². The van der Waals surface area contributed by atoms with Crippen LogP contribution in [0.25, 0.3) is 10.2 Å². The van der Waals surface area contributed by atoms with E-state index < -0.39 is 17.1 Å². The van der Waals surface area contributed by atoms with Crippen molar-refractivity contribution < 1.29 is 19.1 Å². The van der Waals surface area contributed by atoms with Crippen molar-refractivity contribution in [2.75, 3.05) is 0 Å². The van der Waals surface area contributed by atoms with Gasteiger partial charge in [-0.25, -0.2) is 4.98 Å². The maximum atomic E-state index is 13.2. The van der Waals surface area contributed by atoms with Crippen LogP contribution in [0.1, 0.15) is 51.7 Å². The van der Waals surface area contributed by atoms with Gasteiger partial charge in [-0.3, -0.25) is 9.59 Å². The first kappa shape index (κ1) is 21.9. The van der Waals surface area contributed by atoms with Crippen molar-refractivity contribution in [2.45, 2.75) is 58.2 Å². The van der Waals surface area contributed by atoms with Gasteiger partial charge in [-0.15, -0.1) is 0 Å². The number of aromatic nitrogens is 1. The summed E-state index contributed by atoms with van der Waals surface area (Å²) >= 11 is 7.46. The lowest BCUT2D eigenvalue weighted by Crippen LogP contribution is -2.58. The fourth-order valence-electron chi connectivity index (χ4n) is 4.09. The Morgan fingerprint density at radius 1 is 1.06 bits per heavy atom. The number of rotatable bonds is 4. The molecule has 0 atom stereocenters. The van der Waals surface area contributed by atoms with Crippen molar-refractivity contribution in [3.63, 3.8) is 0 Å². The Kier molecular flexibility index (Phi) is 5.44. The van der Waals surface area contributed by atoms with Gasteiger partial charge in [-0.1, -0.05) is 35.9 Å². The summed E-state index contributed by atoms with van der Waals surface area (Å²) < 4.78 is 12.8. The predicted molar refractivity (Wildman–Crippen MR) is 123 cm³/mol. The second kappa shape index (κ2) is 7.69. The van der Waals surface area contributed by atoms with Crippen molar-refractivity contribution in [3.05, 3.63) is 52.5 Å².